The number of hydrogen-bond acceptors (Lipinski definition) is 2. The Labute approximate surface area is 125 Å². The van der Waals surface area contributed by atoms with Gasteiger partial charge in [0.1, 0.15) is 0 Å². The molecule has 0 unspecified atom stereocenters. The molecule has 2 aromatic rings. The number of hydrogen-bond donors (Lipinski definition) is 1. The summed E-state index contributed by atoms with van der Waals surface area (Å²) < 4.78 is 18.4. The molecule has 0 spiro atoms. The molecule has 104 valence electrons. The lowest BCUT2D eigenvalue weighted by atomic mass is 10.3. The summed E-state index contributed by atoms with van der Waals surface area (Å²) >= 11 is 11.7. The highest BCUT2D eigenvalue weighted by Gasteiger charge is 2.09. The maximum atomic E-state index is 13.3. The summed E-state index contributed by atoms with van der Waals surface area (Å²) in [6.45, 7) is -0.330. The van der Waals surface area contributed by atoms with Crippen molar-refractivity contribution in [2.24, 2.45) is 0 Å². The first-order valence-corrected chi connectivity index (χ1v) is 6.44. The number of carbonyl (C=O) groups excluding carboxylic acids is 1. The van der Waals surface area contributed by atoms with E-state index >= 15 is 0 Å². The number of halogens is 3. The third-order valence-electron chi connectivity index (χ3n) is 2.40. The van der Waals surface area contributed by atoms with Crippen LogP contribution in [-0.2, 0) is 4.79 Å². The quantitative estimate of drug-likeness (QED) is 0.920. The van der Waals surface area contributed by atoms with E-state index in [2.05, 4.69) is 5.32 Å². The molecule has 0 atom stereocenters. The number of rotatable bonds is 4. The summed E-state index contributed by atoms with van der Waals surface area (Å²) in [5, 5.41) is 3.34. The van der Waals surface area contributed by atoms with Gasteiger partial charge in [0.2, 0.25) is 0 Å². The summed E-state index contributed by atoms with van der Waals surface area (Å²) in [5.74, 6) is -0.974. The maximum Gasteiger partial charge on any atom is 0.262 e. The Morgan fingerprint density at radius 2 is 1.95 bits per heavy atom. The first-order valence-electron chi connectivity index (χ1n) is 5.68. The monoisotopic (exact) mass is 313 g/mol. The van der Waals surface area contributed by atoms with Crippen molar-refractivity contribution in [3.05, 3.63) is 58.3 Å². The van der Waals surface area contributed by atoms with Crippen LogP contribution in [0.2, 0.25) is 10.0 Å². The van der Waals surface area contributed by atoms with Gasteiger partial charge in [0, 0.05) is 5.02 Å². The Bertz CT molecular complexity index is 634. The largest absolute Gasteiger partial charge is 0.481 e. The van der Waals surface area contributed by atoms with Crippen molar-refractivity contribution < 1.29 is 13.9 Å². The molecule has 1 N–H and O–H groups in total. The molecule has 0 aliphatic heterocycles. The SMILES string of the molecule is O=C(COc1ccccc1F)Nc1cc(Cl)ccc1Cl. The molecule has 0 saturated carbocycles. The van der Waals surface area contributed by atoms with Gasteiger partial charge in [-0.1, -0.05) is 35.3 Å². The van der Waals surface area contributed by atoms with Crippen LogP contribution in [0.25, 0.3) is 0 Å². The van der Waals surface area contributed by atoms with Gasteiger partial charge in [0.05, 0.1) is 10.7 Å². The molecular weight excluding hydrogens is 304 g/mol. The molecule has 0 aliphatic rings. The Balaban J connectivity index is 1.96. The van der Waals surface area contributed by atoms with Gasteiger partial charge >= 0.3 is 0 Å². The zero-order chi connectivity index (χ0) is 14.5. The highest BCUT2D eigenvalue weighted by molar-refractivity contribution is 6.35. The average Bonchev–Trinajstić information content (AvgIpc) is 2.42. The third-order valence-corrected chi connectivity index (χ3v) is 2.96. The van der Waals surface area contributed by atoms with Crippen molar-refractivity contribution in [1.82, 2.24) is 0 Å². The fraction of sp³-hybridized carbons (Fsp3) is 0.0714. The van der Waals surface area contributed by atoms with E-state index in [-0.39, 0.29) is 12.4 Å². The summed E-state index contributed by atoms with van der Waals surface area (Å²) in [4.78, 5) is 11.7. The van der Waals surface area contributed by atoms with Gasteiger partial charge in [0.25, 0.3) is 5.91 Å². The normalized spacial score (nSPS) is 10.2. The van der Waals surface area contributed by atoms with Gasteiger partial charge in [-0.3, -0.25) is 4.79 Å². The predicted octanol–water partition coefficient (Wildman–Crippen LogP) is 4.15. The van der Waals surface area contributed by atoms with Crippen LogP contribution in [0.1, 0.15) is 0 Å². The standard InChI is InChI=1S/C14H10Cl2FNO2/c15-9-5-6-10(16)12(7-9)18-14(19)8-20-13-4-2-1-3-11(13)17/h1-7H,8H2,(H,18,19). The lowest BCUT2D eigenvalue weighted by molar-refractivity contribution is -0.118. The van der Waals surface area contributed by atoms with Gasteiger partial charge in [-0.05, 0) is 30.3 Å². The zero-order valence-electron chi connectivity index (χ0n) is 10.2. The molecule has 0 saturated heterocycles. The van der Waals surface area contributed by atoms with Crippen molar-refractivity contribution in [2.75, 3.05) is 11.9 Å². The topological polar surface area (TPSA) is 38.3 Å². The lowest BCUT2D eigenvalue weighted by Gasteiger charge is -2.09. The van der Waals surface area contributed by atoms with Crippen molar-refractivity contribution in [3.8, 4) is 5.75 Å². The smallest absolute Gasteiger partial charge is 0.262 e. The van der Waals surface area contributed by atoms with Gasteiger partial charge in [-0.15, -0.1) is 0 Å². The predicted molar refractivity (Wildman–Crippen MR) is 77.0 cm³/mol. The van der Waals surface area contributed by atoms with E-state index in [4.69, 9.17) is 27.9 Å². The molecule has 0 aromatic heterocycles. The second kappa shape index (κ2) is 6.59. The van der Waals surface area contributed by atoms with Crippen molar-refractivity contribution >= 4 is 34.8 Å². The average molecular weight is 314 g/mol. The van der Waals surface area contributed by atoms with E-state index < -0.39 is 11.7 Å². The molecule has 1 amide bonds. The second-order valence-electron chi connectivity index (χ2n) is 3.89. The Hall–Kier alpha value is -1.78. The molecule has 0 radical (unpaired) electrons. The zero-order valence-corrected chi connectivity index (χ0v) is 11.7. The lowest BCUT2D eigenvalue weighted by Crippen LogP contribution is -2.20. The third kappa shape index (κ3) is 3.85. The van der Waals surface area contributed by atoms with Crippen LogP contribution in [0.5, 0.6) is 5.75 Å². The van der Waals surface area contributed by atoms with Crippen LogP contribution in [0.15, 0.2) is 42.5 Å². The minimum atomic E-state index is -0.527. The van der Waals surface area contributed by atoms with Crippen molar-refractivity contribution in [1.29, 1.82) is 0 Å². The first kappa shape index (κ1) is 14.6. The summed E-state index contributed by atoms with van der Waals surface area (Å²) in [6, 6.07) is 10.5. The number of benzene rings is 2. The molecule has 2 aromatic carbocycles. The minimum Gasteiger partial charge on any atom is -0.481 e. The van der Waals surface area contributed by atoms with E-state index in [1.54, 1.807) is 18.2 Å². The Kier molecular flexibility index (Phi) is 4.82. The van der Waals surface area contributed by atoms with Crippen LogP contribution in [-0.4, -0.2) is 12.5 Å². The van der Waals surface area contributed by atoms with E-state index in [0.29, 0.717) is 15.7 Å². The number of ether oxygens (including phenoxy) is 1. The van der Waals surface area contributed by atoms with Crippen LogP contribution >= 0.6 is 23.2 Å². The number of nitrogens with one attached hydrogen (secondary N) is 1. The fourth-order valence-electron chi connectivity index (χ4n) is 1.48. The van der Waals surface area contributed by atoms with Crippen LogP contribution < -0.4 is 10.1 Å². The van der Waals surface area contributed by atoms with Gasteiger partial charge in [-0.2, -0.15) is 0 Å². The molecule has 0 bridgehead atoms. The molecule has 3 nitrogen and oxygen atoms in total. The van der Waals surface area contributed by atoms with Crippen molar-refractivity contribution in [2.45, 2.75) is 0 Å². The van der Waals surface area contributed by atoms with E-state index in [1.807, 2.05) is 0 Å². The van der Waals surface area contributed by atoms with Gasteiger partial charge in [-0.25, -0.2) is 4.39 Å². The van der Waals surface area contributed by atoms with Crippen LogP contribution in [0.3, 0.4) is 0 Å². The molecule has 0 fully saturated rings. The molecule has 20 heavy (non-hydrogen) atoms. The van der Waals surface area contributed by atoms with E-state index in [0.717, 1.165) is 0 Å². The van der Waals surface area contributed by atoms with Gasteiger partial charge in [0.15, 0.2) is 18.2 Å². The number of para-hydroxylation sites is 1. The maximum absolute atomic E-state index is 13.3. The summed E-state index contributed by atoms with van der Waals surface area (Å²) in [5.41, 5.74) is 0.376. The molecule has 2 rings (SSSR count). The summed E-state index contributed by atoms with van der Waals surface area (Å²) in [7, 11) is 0. The summed E-state index contributed by atoms with van der Waals surface area (Å²) in [6.07, 6.45) is 0. The van der Waals surface area contributed by atoms with E-state index in [1.165, 1.54) is 24.3 Å². The van der Waals surface area contributed by atoms with E-state index in [9.17, 15) is 9.18 Å². The molecular formula is C14H10Cl2FNO2. The molecule has 0 heterocycles. The van der Waals surface area contributed by atoms with Gasteiger partial charge < -0.3 is 10.1 Å². The highest BCUT2D eigenvalue weighted by atomic mass is 35.5. The molecule has 0 aliphatic carbocycles. The number of amides is 1. The van der Waals surface area contributed by atoms with Crippen LogP contribution in [0, 0.1) is 5.82 Å². The fourth-order valence-corrected chi connectivity index (χ4v) is 1.82. The minimum absolute atomic E-state index is 0.0137. The van der Waals surface area contributed by atoms with Crippen LogP contribution in [0.4, 0.5) is 10.1 Å². The highest BCUT2D eigenvalue weighted by Crippen LogP contribution is 2.25. The first-order chi connectivity index (χ1) is 9.56. The molecule has 6 heteroatoms. The second-order valence-corrected chi connectivity index (χ2v) is 4.74. The van der Waals surface area contributed by atoms with Crippen molar-refractivity contribution in [3.63, 3.8) is 0 Å². The Morgan fingerprint density at radius 1 is 1.20 bits per heavy atom. The Morgan fingerprint density at radius 3 is 2.70 bits per heavy atom. The number of anilines is 1. The number of carbonyl (C=O) groups is 1.